The molecule has 1 N–H and O–H groups in total. The van der Waals surface area contributed by atoms with Crippen molar-refractivity contribution < 1.29 is 8.94 Å². The maximum atomic E-state index is 5.22. The molecule has 0 aliphatic heterocycles. The van der Waals surface area contributed by atoms with Crippen LogP contribution in [0.2, 0.25) is 0 Å². The molecule has 0 aliphatic carbocycles. The van der Waals surface area contributed by atoms with Crippen molar-refractivity contribution in [2.75, 3.05) is 5.32 Å². The minimum atomic E-state index is 0.345. The van der Waals surface area contributed by atoms with E-state index in [0.29, 0.717) is 29.9 Å². The van der Waals surface area contributed by atoms with Gasteiger partial charge in [0.05, 0.1) is 12.8 Å². The molecule has 0 fully saturated rings. The Labute approximate surface area is 127 Å². The predicted octanol–water partition coefficient (Wildman–Crippen LogP) is 3.16. The van der Waals surface area contributed by atoms with Gasteiger partial charge in [-0.3, -0.25) is 0 Å². The van der Waals surface area contributed by atoms with Crippen molar-refractivity contribution in [2.24, 2.45) is 0 Å². The number of hydrogen-bond donors (Lipinski definition) is 1. The number of furan rings is 1. The van der Waals surface area contributed by atoms with Crippen LogP contribution in [0.25, 0.3) is 11.7 Å². The molecule has 3 heterocycles. The summed E-state index contributed by atoms with van der Waals surface area (Å²) < 4.78 is 10.4. The van der Waals surface area contributed by atoms with E-state index in [-0.39, 0.29) is 0 Å². The number of nitrogens with zero attached hydrogens (tertiary/aromatic N) is 4. The number of anilines is 1. The van der Waals surface area contributed by atoms with Crippen LogP contribution in [0.3, 0.4) is 0 Å². The van der Waals surface area contributed by atoms with Gasteiger partial charge in [0.25, 0.3) is 5.89 Å². The zero-order chi connectivity index (χ0) is 15.5. The molecule has 0 atom stereocenters. The van der Waals surface area contributed by atoms with Crippen LogP contribution in [0, 0.1) is 6.92 Å². The molecule has 3 aromatic rings. The number of aromatic nitrogens is 4. The predicted molar refractivity (Wildman–Crippen MR) is 80.2 cm³/mol. The Morgan fingerprint density at radius 2 is 2.09 bits per heavy atom. The fourth-order valence-corrected chi connectivity index (χ4v) is 1.97. The quantitative estimate of drug-likeness (QED) is 0.773. The van der Waals surface area contributed by atoms with E-state index in [1.54, 1.807) is 18.4 Å². The average molecular weight is 299 g/mol. The molecular formula is C15H17N5O2. The van der Waals surface area contributed by atoms with Gasteiger partial charge >= 0.3 is 0 Å². The Hall–Kier alpha value is -2.70. The maximum Gasteiger partial charge on any atom is 0.293 e. The van der Waals surface area contributed by atoms with E-state index in [4.69, 9.17) is 8.94 Å². The van der Waals surface area contributed by atoms with Crippen LogP contribution in [-0.4, -0.2) is 20.1 Å². The summed E-state index contributed by atoms with van der Waals surface area (Å²) in [6.07, 6.45) is 1.56. The zero-order valence-corrected chi connectivity index (χ0v) is 12.7. The molecule has 0 spiro atoms. The average Bonchev–Trinajstić information content (AvgIpc) is 3.15. The Kier molecular flexibility index (Phi) is 3.86. The molecule has 0 aliphatic rings. The van der Waals surface area contributed by atoms with Gasteiger partial charge < -0.3 is 14.3 Å². The largest absolute Gasteiger partial charge is 0.459 e. The van der Waals surface area contributed by atoms with Crippen LogP contribution in [0.4, 0.5) is 5.82 Å². The van der Waals surface area contributed by atoms with Crippen molar-refractivity contribution in [1.29, 1.82) is 0 Å². The lowest BCUT2D eigenvalue weighted by molar-refractivity contribution is 0.410. The molecule has 3 aromatic heterocycles. The molecular weight excluding hydrogens is 282 g/mol. The van der Waals surface area contributed by atoms with Gasteiger partial charge in [-0.15, -0.1) is 0 Å². The third-order valence-corrected chi connectivity index (χ3v) is 3.08. The van der Waals surface area contributed by atoms with Gasteiger partial charge in [-0.2, -0.15) is 4.98 Å². The second-order valence-corrected chi connectivity index (χ2v) is 5.23. The fraction of sp³-hybridized carbons (Fsp3) is 0.333. The van der Waals surface area contributed by atoms with E-state index < -0.39 is 0 Å². The summed E-state index contributed by atoms with van der Waals surface area (Å²) >= 11 is 0. The van der Waals surface area contributed by atoms with Crippen molar-refractivity contribution in [3.05, 3.63) is 41.8 Å². The molecule has 0 saturated heterocycles. The molecule has 3 rings (SSSR count). The minimum Gasteiger partial charge on any atom is -0.459 e. The van der Waals surface area contributed by atoms with Crippen LogP contribution in [0.15, 0.2) is 33.4 Å². The summed E-state index contributed by atoms with van der Waals surface area (Å²) in [6, 6.07) is 5.48. The van der Waals surface area contributed by atoms with Gasteiger partial charge in [0.15, 0.2) is 11.6 Å². The van der Waals surface area contributed by atoms with Crippen molar-refractivity contribution in [1.82, 2.24) is 20.1 Å². The van der Waals surface area contributed by atoms with Crippen LogP contribution in [0.1, 0.15) is 37.1 Å². The van der Waals surface area contributed by atoms with Gasteiger partial charge in [0.1, 0.15) is 11.6 Å². The first-order chi connectivity index (χ1) is 10.6. The number of rotatable bonds is 5. The number of nitrogens with one attached hydrogen (secondary N) is 1. The number of aryl methyl sites for hydroxylation is 1. The van der Waals surface area contributed by atoms with Gasteiger partial charge in [-0.1, -0.05) is 19.0 Å². The lowest BCUT2D eigenvalue weighted by atomic mass is 10.1. The van der Waals surface area contributed by atoms with Gasteiger partial charge in [0.2, 0.25) is 0 Å². The summed E-state index contributed by atoms with van der Waals surface area (Å²) in [5.41, 5.74) is 0.999. The second-order valence-electron chi connectivity index (χ2n) is 5.23. The Morgan fingerprint density at radius 3 is 2.82 bits per heavy atom. The minimum absolute atomic E-state index is 0.345. The third-order valence-electron chi connectivity index (χ3n) is 3.08. The van der Waals surface area contributed by atoms with Crippen molar-refractivity contribution in [2.45, 2.75) is 33.2 Å². The standard InChI is InChI=1S/C15H17N5O2/c1-9(2)11-7-13(18-10(3)17-11)16-8-14-19-15(22-20-14)12-5-4-6-21-12/h4-7,9H,8H2,1-3H3,(H,16,17,18). The normalized spacial score (nSPS) is 11.1. The molecule has 0 radical (unpaired) electrons. The molecule has 0 saturated carbocycles. The summed E-state index contributed by atoms with van der Waals surface area (Å²) in [4.78, 5) is 13.0. The van der Waals surface area contributed by atoms with E-state index >= 15 is 0 Å². The van der Waals surface area contributed by atoms with E-state index in [9.17, 15) is 0 Å². The van der Waals surface area contributed by atoms with E-state index in [2.05, 4.69) is 39.3 Å². The van der Waals surface area contributed by atoms with E-state index in [1.807, 2.05) is 13.0 Å². The highest BCUT2D eigenvalue weighted by molar-refractivity contribution is 5.43. The molecule has 0 unspecified atom stereocenters. The summed E-state index contributed by atoms with van der Waals surface area (Å²) in [5, 5.41) is 7.10. The highest BCUT2D eigenvalue weighted by atomic mass is 16.5. The van der Waals surface area contributed by atoms with Crippen LogP contribution >= 0.6 is 0 Å². The summed E-state index contributed by atoms with van der Waals surface area (Å²) in [5.74, 6) is 3.28. The van der Waals surface area contributed by atoms with Crippen LogP contribution < -0.4 is 5.32 Å². The summed E-state index contributed by atoms with van der Waals surface area (Å²) in [7, 11) is 0. The number of hydrogen-bond acceptors (Lipinski definition) is 7. The van der Waals surface area contributed by atoms with E-state index in [1.165, 1.54) is 0 Å². The van der Waals surface area contributed by atoms with Crippen molar-refractivity contribution in [3.8, 4) is 11.7 Å². The van der Waals surface area contributed by atoms with Gasteiger partial charge in [-0.25, -0.2) is 9.97 Å². The molecule has 0 bridgehead atoms. The lowest BCUT2D eigenvalue weighted by Crippen LogP contribution is -2.06. The summed E-state index contributed by atoms with van der Waals surface area (Å²) in [6.45, 7) is 6.49. The van der Waals surface area contributed by atoms with Gasteiger partial charge in [-0.05, 0) is 25.0 Å². The smallest absolute Gasteiger partial charge is 0.293 e. The van der Waals surface area contributed by atoms with Crippen molar-refractivity contribution in [3.63, 3.8) is 0 Å². The Balaban J connectivity index is 1.70. The topological polar surface area (TPSA) is 89.9 Å². The fourth-order valence-electron chi connectivity index (χ4n) is 1.97. The Bertz CT molecular complexity index is 749. The molecule has 0 amide bonds. The first kappa shape index (κ1) is 14.2. The van der Waals surface area contributed by atoms with Gasteiger partial charge in [0, 0.05) is 11.8 Å². The monoisotopic (exact) mass is 299 g/mol. The SMILES string of the molecule is Cc1nc(NCc2noc(-c3ccco3)n2)cc(C(C)C)n1. The molecule has 7 nitrogen and oxygen atoms in total. The van der Waals surface area contributed by atoms with Crippen LogP contribution in [0.5, 0.6) is 0 Å². The third kappa shape index (κ3) is 3.13. The highest BCUT2D eigenvalue weighted by Gasteiger charge is 2.11. The molecule has 114 valence electrons. The molecule has 0 aromatic carbocycles. The maximum absolute atomic E-state index is 5.22. The van der Waals surface area contributed by atoms with Crippen LogP contribution in [-0.2, 0) is 6.54 Å². The highest BCUT2D eigenvalue weighted by Crippen LogP contribution is 2.18. The van der Waals surface area contributed by atoms with E-state index in [0.717, 1.165) is 17.3 Å². The second kappa shape index (κ2) is 5.97. The zero-order valence-electron chi connectivity index (χ0n) is 12.7. The first-order valence-electron chi connectivity index (χ1n) is 7.07. The first-order valence-corrected chi connectivity index (χ1v) is 7.07. The lowest BCUT2D eigenvalue weighted by Gasteiger charge is -2.09. The molecule has 7 heteroatoms. The van der Waals surface area contributed by atoms with Crippen molar-refractivity contribution >= 4 is 5.82 Å². The Morgan fingerprint density at radius 1 is 1.23 bits per heavy atom. The molecule has 22 heavy (non-hydrogen) atoms.